The number of benzene rings is 1. The molecule has 0 saturated heterocycles. The quantitative estimate of drug-likeness (QED) is 0.791. The van der Waals surface area contributed by atoms with E-state index < -0.39 is 10.0 Å². The molecule has 1 atom stereocenters. The number of sulfonamides is 1. The summed E-state index contributed by atoms with van der Waals surface area (Å²) in [6, 6.07) is 8.15. The molecule has 1 aromatic carbocycles. The first-order chi connectivity index (χ1) is 8.93. The normalized spacial score (nSPS) is 13.2. The lowest BCUT2D eigenvalue weighted by molar-refractivity contribution is 0.149. The van der Waals surface area contributed by atoms with Gasteiger partial charge in [-0.3, -0.25) is 0 Å². The average molecular weight is 282 g/mol. The van der Waals surface area contributed by atoms with Crippen molar-refractivity contribution < 1.29 is 13.2 Å². The van der Waals surface area contributed by atoms with E-state index in [1.807, 2.05) is 6.07 Å². The molecule has 0 bridgehead atoms. The molecule has 5 nitrogen and oxygen atoms in total. The molecule has 19 heavy (non-hydrogen) atoms. The second-order valence-electron chi connectivity index (χ2n) is 4.30. The van der Waals surface area contributed by atoms with Crippen LogP contribution in [-0.4, -0.2) is 39.5 Å². The van der Waals surface area contributed by atoms with Gasteiger partial charge in [0.15, 0.2) is 0 Å². The van der Waals surface area contributed by atoms with Crippen molar-refractivity contribution in [1.82, 2.24) is 4.31 Å². The van der Waals surface area contributed by atoms with Gasteiger partial charge in [-0.25, -0.2) is 8.42 Å². The van der Waals surface area contributed by atoms with Gasteiger partial charge in [-0.05, 0) is 24.6 Å². The van der Waals surface area contributed by atoms with Crippen molar-refractivity contribution in [1.29, 1.82) is 5.26 Å². The SMILES string of the molecule is COCC(C)N(C)S(=O)(=O)c1ccc(CC#N)cc1. The zero-order valence-corrected chi connectivity index (χ0v) is 12.1. The van der Waals surface area contributed by atoms with Crippen LogP contribution in [0, 0.1) is 11.3 Å². The summed E-state index contributed by atoms with van der Waals surface area (Å²) in [5.74, 6) is 0. The molecule has 0 spiro atoms. The van der Waals surface area contributed by atoms with Crippen LogP contribution in [0.1, 0.15) is 12.5 Å². The molecular formula is C13H18N2O3S. The van der Waals surface area contributed by atoms with Crippen molar-refractivity contribution >= 4 is 10.0 Å². The third-order valence-electron chi connectivity index (χ3n) is 2.91. The molecule has 0 saturated carbocycles. The standard InChI is InChI=1S/C13H18N2O3S/c1-11(10-18-3)15(2)19(16,17)13-6-4-12(5-7-13)8-9-14/h4-7,11H,8,10H2,1-3H3. The highest BCUT2D eigenvalue weighted by molar-refractivity contribution is 7.89. The second-order valence-corrected chi connectivity index (χ2v) is 6.30. The Hall–Kier alpha value is -1.42. The Bertz CT molecular complexity index is 546. The summed E-state index contributed by atoms with van der Waals surface area (Å²) in [5, 5.41) is 8.58. The Balaban J connectivity index is 2.97. The summed E-state index contributed by atoms with van der Waals surface area (Å²) in [6.07, 6.45) is 0.274. The van der Waals surface area contributed by atoms with Crippen molar-refractivity contribution in [3.8, 4) is 6.07 Å². The van der Waals surface area contributed by atoms with E-state index in [0.717, 1.165) is 5.56 Å². The van der Waals surface area contributed by atoms with Gasteiger partial charge in [0.05, 0.1) is 24.0 Å². The Morgan fingerprint density at radius 2 is 1.95 bits per heavy atom. The molecule has 104 valence electrons. The van der Waals surface area contributed by atoms with Gasteiger partial charge in [-0.2, -0.15) is 9.57 Å². The largest absolute Gasteiger partial charge is 0.383 e. The van der Waals surface area contributed by atoms with Crippen LogP contribution in [-0.2, 0) is 21.2 Å². The smallest absolute Gasteiger partial charge is 0.243 e. The number of nitrogens with zero attached hydrogens (tertiary/aromatic N) is 2. The van der Waals surface area contributed by atoms with Gasteiger partial charge in [-0.15, -0.1) is 0 Å². The Morgan fingerprint density at radius 3 is 2.42 bits per heavy atom. The second kappa shape index (κ2) is 6.66. The van der Waals surface area contributed by atoms with Crippen molar-refractivity contribution in [2.75, 3.05) is 20.8 Å². The molecule has 1 unspecified atom stereocenters. The van der Waals surface area contributed by atoms with Crippen molar-refractivity contribution in [3.63, 3.8) is 0 Å². The topological polar surface area (TPSA) is 70.4 Å². The maximum absolute atomic E-state index is 12.3. The third-order valence-corrected chi connectivity index (χ3v) is 4.90. The van der Waals surface area contributed by atoms with Gasteiger partial charge in [0.25, 0.3) is 0 Å². The maximum atomic E-state index is 12.3. The average Bonchev–Trinajstić information content (AvgIpc) is 2.39. The maximum Gasteiger partial charge on any atom is 0.243 e. The third kappa shape index (κ3) is 3.77. The lowest BCUT2D eigenvalue weighted by atomic mass is 10.2. The van der Waals surface area contributed by atoms with E-state index in [9.17, 15) is 8.42 Å². The van der Waals surface area contributed by atoms with E-state index in [4.69, 9.17) is 10.00 Å². The molecular weight excluding hydrogens is 264 g/mol. The van der Waals surface area contributed by atoms with Crippen LogP contribution in [0.5, 0.6) is 0 Å². The first kappa shape index (κ1) is 15.6. The van der Waals surface area contributed by atoms with Gasteiger partial charge in [0.2, 0.25) is 10.0 Å². The zero-order chi connectivity index (χ0) is 14.5. The molecule has 0 radical (unpaired) electrons. The van der Waals surface area contributed by atoms with Gasteiger partial charge in [0, 0.05) is 20.2 Å². The van der Waals surface area contributed by atoms with E-state index in [1.54, 1.807) is 19.1 Å². The van der Waals surface area contributed by atoms with Crippen LogP contribution in [0.2, 0.25) is 0 Å². The lowest BCUT2D eigenvalue weighted by Gasteiger charge is -2.23. The highest BCUT2D eigenvalue weighted by atomic mass is 32.2. The van der Waals surface area contributed by atoms with Gasteiger partial charge >= 0.3 is 0 Å². The predicted octanol–water partition coefficient (Wildman–Crippen LogP) is 1.41. The first-order valence-electron chi connectivity index (χ1n) is 5.86. The van der Waals surface area contributed by atoms with E-state index in [0.29, 0.717) is 6.61 Å². The van der Waals surface area contributed by atoms with Gasteiger partial charge in [0.1, 0.15) is 0 Å². The summed E-state index contributed by atoms with van der Waals surface area (Å²) in [6.45, 7) is 2.12. The summed E-state index contributed by atoms with van der Waals surface area (Å²) >= 11 is 0. The fourth-order valence-corrected chi connectivity index (χ4v) is 2.97. The minimum Gasteiger partial charge on any atom is -0.383 e. The van der Waals surface area contributed by atoms with E-state index in [1.165, 1.54) is 30.6 Å². The minimum absolute atomic E-state index is 0.222. The van der Waals surface area contributed by atoms with Crippen LogP contribution in [0.3, 0.4) is 0 Å². The molecule has 0 aliphatic heterocycles. The molecule has 0 aliphatic rings. The monoisotopic (exact) mass is 282 g/mol. The molecule has 0 aliphatic carbocycles. The van der Waals surface area contributed by atoms with Crippen LogP contribution in [0.4, 0.5) is 0 Å². The lowest BCUT2D eigenvalue weighted by Crippen LogP contribution is -2.37. The molecule has 6 heteroatoms. The number of ether oxygens (including phenoxy) is 1. The molecule has 0 amide bonds. The van der Waals surface area contributed by atoms with Crippen molar-refractivity contribution in [2.45, 2.75) is 24.3 Å². The Labute approximate surface area is 114 Å². The Kier molecular flexibility index (Phi) is 5.48. The van der Waals surface area contributed by atoms with Crippen LogP contribution >= 0.6 is 0 Å². The fraction of sp³-hybridized carbons (Fsp3) is 0.462. The van der Waals surface area contributed by atoms with E-state index >= 15 is 0 Å². The first-order valence-corrected chi connectivity index (χ1v) is 7.30. The number of hydrogen-bond acceptors (Lipinski definition) is 4. The highest BCUT2D eigenvalue weighted by Crippen LogP contribution is 2.17. The molecule has 0 aromatic heterocycles. The van der Waals surface area contributed by atoms with Crippen LogP contribution in [0.25, 0.3) is 0 Å². The summed E-state index contributed by atoms with van der Waals surface area (Å²) in [7, 11) is -0.456. The number of methoxy groups -OCH3 is 1. The van der Waals surface area contributed by atoms with E-state index in [2.05, 4.69) is 0 Å². The Morgan fingerprint density at radius 1 is 1.37 bits per heavy atom. The highest BCUT2D eigenvalue weighted by Gasteiger charge is 2.25. The van der Waals surface area contributed by atoms with Gasteiger partial charge in [-0.1, -0.05) is 12.1 Å². The van der Waals surface area contributed by atoms with Gasteiger partial charge < -0.3 is 4.74 Å². The van der Waals surface area contributed by atoms with Crippen LogP contribution in [0.15, 0.2) is 29.2 Å². The molecule has 1 rings (SSSR count). The minimum atomic E-state index is -3.52. The molecule has 0 fully saturated rings. The zero-order valence-electron chi connectivity index (χ0n) is 11.3. The molecule has 0 N–H and O–H groups in total. The number of nitriles is 1. The van der Waals surface area contributed by atoms with Crippen molar-refractivity contribution in [2.24, 2.45) is 0 Å². The van der Waals surface area contributed by atoms with Crippen LogP contribution < -0.4 is 0 Å². The summed E-state index contributed by atoms with van der Waals surface area (Å²) in [4.78, 5) is 0.222. The number of hydrogen-bond donors (Lipinski definition) is 0. The summed E-state index contributed by atoms with van der Waals surface area (Å²) < 4.78 is 30.9. The molecule has 1 aromatic rings. The fourth-order valence-electron chi connectivity index (χ4n) is 1.62. The van der Waals surface area contributed by atoms with Crippen molar-refractivity contribution in [3.05, 3.63) is 29.8 Å². The van der Waals surface area contributed by atoms with E-state index in [-0.39, 0.29) is 17.4 Å². The number of likely N-dealkylation sites (N-methyl/N-ethyl adjacent to an activating group) is 1. The molecule has 0 heterocycles. The number of rotatable bonds is 6. The predicted molar refractivity (Wildman–Crippen MR) is 72.0 cm³/mol. The summed E-state index contributed by atoms with van der Waals surface area (Å²) in [5.41, 5.74) is 0.800.